The van der Waals surface area contributed by atoms with Gasteiger partial charge in [-0.3, -0.25) is 4.68 Å². The van der Waals surface area contributed by atoms with Crippen LogP contribution in [0.15, 0.2) is 54.6 Å². The molecule has 146 valence electrons. The molecule has 3 rings (SSSR count). The van der Waals surface area contributed by atoms with Crippen LogP contribution in [-0.4, -0.2) is 21.5 Å². The number of aryl methyl sites for hydroxylation is 1. The lowest BCUT2D eigenvalue weighted by molar-refractivity contribution is -0.0493. The summed E-state index contributed by atoms with van der Waals surface area (Å²) in [5.41, 5.74) is 2.27. The van der Waals surface area contributed by atoms with E-state index in [1.165, 1.54) is 6.07 Å². The molecule has 0 fully saturated rings. The van der Waals surface area contributed by atoms with Crippen LogP contribution in [0.25, 0.3) is 0 Å². The molecule has 1 heterocycles. The fraction of sp³-hybridized carbons (Fsp3) is 0.158. The number of ether oxygens (including phenoxy) is 1. The number of thiocarbonyl (C=S) groups is 1. The predicted octanol–water partition coefficient (Wildman–Crippen LogP) is 5.30. The Labute approximate surface area is 171 Å². The van der Waals surface area contributed by atoms with Crippen LogP contribution in [0.2, 0.25) is 5.02 Å². The Kier molecular flexibility index (Phi) is 6.43. The molecule has 0 unspecified atom stereocenters. The lowest BCUT2D eigenvalue weighted by Gasteiger charge is -2.13. The zero-order chi connectivity index (χ0) is 20.1. The largest absolute Gasteiger partial charge is 0.433 e. The van der Waals surface area contributed by atoms with Gasteiger partial charge in [0.25, 0.3) is 0 Å². The van der Waals surface area contributed by atoms with Crippen LogP contribution in [0.1, 0.15) is 11.3 Å². The van der Waals surface area contributed by atoms with Crippen LogP contribution in [0, 0.1) is 6.92 Å². The highest BCUT2D eigenvalue weighted by molar-refractivity contribution is 7.80. The van der Waals surface area contributed by atoms with Gasteiger partial charge in [-0.15, -0.1) is 0 Å². The van der Waals surface area contributed by atoms with Crippen LogP contribution >= 0.6 is 23.8 Å². The van der Waals surface area contributed by atoms with Crippen LogP contribution in [-0.2, 0) is 6.54 Å². The van der Waals surface area contributed by atoms with E-state index in [1.807, 2.05) is 41.9 Å². The summed E-state index contributed by atoms with van der Waals surface area (Å²) in [6, 6.07) is 15.7. The van der Waals surface area contributed by atoms with Crippen molar-refractivity contribution in [2.24, 2.45) is 0 Å². The minimum atomic E-state index is -2.92. The van der Waals surface area contributed by atoms with Crippen molar-refractivity contribution in [1.82, 2.24) is 9.78 Å². The Hall–Kier alpha value is -2.71. The maximum absolute atomic E-state index is 12.5. The second kappa shape index (κ2) is 8.99. The quantitative estimate of drug-likeness (QED) is 0.528. The van der Waals surface area contributed by atoms with E-state index in [-0.39, 0.29) is 10.9 Å². The zero-order valence-corrected chi connectivity index (χ0v) is 16.4. The number of hydrogen-bond donors (Lipinski definition) is 2. The Morgan fingerprint density at radius 1 is 1.18 bits per heavy atom. The first kappa shape index (κ1) is 20.0. The summed E-state index contributed by atoms with van der Waals surface area (Å²) in [6.45, 7) is -0.445. The first-order chi connectivity index (χ1) is 13.4. The highest BCUT2D eigenvalue weighted by Crippen LogP contribution is 2.25. The minimum absolute atomic E-state index is 0.00400. The van der Waals surface area contributed by atoms with E-state index in [9.17, 15) is 8.78 Å². The topological polar surface area (TPSA) is 51.1 Å². The smallest absolute Gasteiger partial charge is 0.387 e. The second-order valence-corrected chi connectivity index (χ2v) is 6.76. The molecule has 28 heavy (non-hydrogen) atoms. The highest BCUT2D eigenvalue weighted by atomic mass is 35.5. The van der Waals surface area contributed by atoms with Crippen molar-refractivity contribution in [1.29, 1.82) is 0 Å². The van der Waals surface area contributed by atoms with Crippen LogP contribution < -0.4 is 15.4 Å². The number of hydrogen-bond acceptors (Lipinski definition) is 3. The third-order valence-corrected chi connectivity index (χ3v) is 4.23. The third kappa shape index (κ3) is 5.40. The van der Waals surface area contributed by atoms with Gasteiger partial charge in [0.15, 0.2) is 10.9 Å². The van der Waals surface area contributed by atoms with Gasteiger partial charge in [0.05, 0.1) is 12.2 Å². The van der Waals surface area contributed by atoms with E-state index < -0.39 is 6.61 Å². The molecule has 0 aliphatic carbocycles. The molecule has 1 aromatic heterocycles. The number of halogens is 3. The molecule has 0 radical (unpaired) electrons. The Bertz CT molecular complexity index is 980. The van der Waals surface area contributed by atoms with Gasteiger partial charge in [0.2, 0.25) is 0 Å². The average molecular weight is 423 g/mol. The monoisotopic (exact) mass is 422 g/mol. The van der Waals surface area contributed by atoms with Crippen molar-refractivity contribution in [2.75, 3.05) is 10.6 Å². The van der Waals surface area contributed by atoms with Crippen LogP contribution in [0.5, 0.6) is 5.75 Å². The fourth-order valence-corrected chi connectivity index (χ4v) is 3.01. The molecule has 0 amide bonds. The number of benzene rings is 2. The summed E-state index contributed by atoms with van der Waals surface area (Å²) in [7, 11) is 0. The van der Waals surface area contributed by atoms with Crippen molar-refractivity contribution in [2.45, 2.75) is 20.1 Å². The molecular weight excluding hydrogens is 406 g/mol. The summed E-state index contributed by atoms with van der Waals surface area (Å²) in [4.78, 5) is 0. The van der Waals surface area contributed by atoms with Gasteiger partial charge in [0, 0.05) is 16.8 Å². The Morgan fingerprint density at radius 2 is 1.96 bits per heavy atom. The molecule has 0 spiro atoms. The van der Waals surface area contributed by atoms with E-state index in [2.05, 4.69) is 20.5 Å². The lowest BCUT2D eigenvalue weighted by atomic mass is 10.2. The second-order valence-electron chi connectivity index (χ2n) is 5.91. The predicted molar refractivity (Wildman–Crippen MR) is 110 cm³/mol. The maximum Gasteiger partial charge on any atom is 0.387 e. The molecule has 0 bridgehead atoms. The van der Waals surface area contributed by atoms with Crippen molar-refractivity contribution < 1.29 is 13.5 Å². The van der Waals surface area contributed by atoms with E-state index in [4.69, 9.17) is 23.8 Å². The number of anilines is 2. The van der Waals surface area contributed by atoms with E-state index >= 15 is 0 Å². The first-order valence-corrected chi connectivity index (χ1v) is 9.10. The first-order valence-electron chi connectivity index (χ1n) is 8.31. The standard InChI is InChI=1S/C19H17ClF2N4OS/c1-12-9-17(25-26(12)11-13-5-4-6-14(20)10-13)24-19(28)23-15-7-2-3-8-16(15)27-18(21)22/h2-10,18H,11H2,1H3,(H2,23,24,25,28). The number of para-hydroxylation sites is 2. The summed E-state index contributed by atoms with van der Waals surface area (Å²) < 4.78 is 31.3. The van der Waals surface area contributed by atoms with Gasteiger partial charge in [-0.25, -0.2) is 0 Å². The van der Waals surface area contributed by atoms with Crippen LogP contribution in [0.3, 0.4) is 0 Å². The molecular formula is C19H17ClF2N4OS. The van der Waals surface area contributed by atoms with Crippen LogP contribution in [0.4, 0.5) is 20.3 Å². The normalized spacial score (nSPS) is 10.8. The molecule has 0 saturated heterocycles. The number of aromatic nitrogens is 2. The molecule has 9 heteroatoms. The molecule has 0 saturated carbocycles. The summed E-state index contributed by atoms with van der Waals surface area (Å²) in [5, 5.41) is 11.1. The number of alkyl halides is 2. The number of rotatable bonds is 6. The van der Waals surface area contributed by atoms with Crippen molar-refractivity contribution in [3.63, 3.8) is 0 Å². The average Bonchev–Trinajstić information content (AvgIpc) is 2.95. The zero-order valence-electron chi connectivity index (χ0n) is 14.8. The molecule has 2 N–H and O–H groups in total. The SMILES string of the molecule is Cc1cc(NC(=S)Nc2ccccc2OC(F)F)nn1Cc1cccc(Cl)c1. The molecule has 3 aromatic rings. The fourth-order valence-electron chi connectivity index (χ4n) is 2.58. The summed E-state index contributed by atoms with van der Waals surface area (Å²) in [5.74, 6) is 0.536. The molecule has 5 nitrogen and oxygen atoms in total. The Balaban J connectivity index is 1.67. The van der Waals surface area contributed by atoms with Gasteiger partial charge in [-0.05, 0) is 49.0 Å². The molecule has 2 aromatic carbocycles. The minimum Gasteiger partial charge on any atom is -0.433 e. The highest BCUT2D eigenvalue weighted by Gasteiger charge is 2.11. The molecule has 0 aliphatic rings. The summed E-state index contributed by atoms with van der Waals surface area (Å²) in [6.07, 6.45) is 0. The van der Waals surface area contributed by atoms with E-state index in [0.717, 1.165) is 11.3 Å². The third-order valence-electron chi connectivity index (χ3n) is 3.80. The van der Waals surface area contributed by atoms with Crippen molar-refractivity contribution in [3.8, 4) is 5.75 Å². The lowest BCUT2D eigenvalue weighted by Crippen LogP contribution is -2.20. The Morgan fingerprint density at radius 3 is 2.71 bits per heavy atom. The molecule has 0 atom stereocenters. The van der Waals surface area contributed by atoms with E-state index in [1.54, 1.807) is 18.2 Å². The maximum atomic E-state index is 12.5. The van der Waals surface area contributed by atoms with Gasteiger partial charge in [0.1, 0.15) is 5.75 Å². The van der Waals surface area contributed by atoms with Gasteiger partial charge in [-0.1, -0.05) is 35.9 Å². The molecule has 0 aliphatic heterocycles. The van der Waals surface area contributed by atoms with Gasteiger partial charge < -0.3 is 15.4 Å². The van der Waals surface area contributed by atoms with Gasteiger partial charge >= 0.3 is 6.61 Å². The van der Waals surface area contributed by atoms with E-state index in [0.29, 0.717) is 23.1 Å². The van der Waals surface area contributed by atoms with Crippen molar-refractivity contribution >= 4 is 40.4 Å². The van der Waals surface area contributed by atoms with Gasteiger partial charge in [-0.2, -0.15) is 13.9 Å². The summed E-state index contributed by atoms with van der Waals surface area (Å²) >= 11 is 11.3. The number of nitrogens with zero attached hydrogens (tertiary/aromatic N) is 2. The number of nitrogens with one attached hydrogen (secondary N) is 2. The van der Waals surface area contributed by atoms with Crippen molar-refractivity contribution in [3.05, 3.63) is 70.9 Å².